The van der Waals surface area contributed by atoms with Crippen molar-refractivity contribution in [2.24, 2.45) is 0 Å². The van der Waals surface area contributed by atoms with Crippen molar-refractivity contribution in [2.45, 2.75) is 59.3 Å². The van der Waals surface area contributed by atoms with Gasteiger partial charge >= 0.3 is 0 Å². The maximum absolute atomic E-state index is 2.48. The summed E-state index contributed by atoms with van der Waals surface area (Å²) in [4.78, 5) is 2.39. The van der Waals surface area contributed by atoms with Gasteiger partial charge in [-0.3, -0.25) is 0 Å². The topological polar surface area (TPSA) is 3.24 Å². The molecule has 0 saturated heterocycles. The average Bonchev–Trinajstić information content (AvgIpc) is 3.23. The molecule has 0 heterocycles. The molecule has 1 heteroatoms. The Morgan fingerprint density at radius 3 is 1.61 bits per heavy atom. The van der Waals surface area contributed by atoms with E-state index in [4.69, 9.17) is 0 Å². The molecule has 0 fully saturated rings. The Balaban J connectivity index is 1.36. The van der Waals surface area contributed by atoms with Crippen LogP contribution >= 0.6 is 0 Å². The predicted molar refractivity (Wildman–Crippen MR) is 191 cm³/mol. The summed E-state index contributed by atoms with van der Waals surface area (Å²) in [5.74, 6) is 0. The third-order valence-electron chi connectivity index (χ3n) is 10.0. The van der Waals surface area contributed by atoms with Crippen molar-refractivity contribution < 1.29 is 0 Å². The van der Waals surface area contributed by atoms with Crippen LogP contribution in [-0.2, 0) is 10.8 Å². The van der Waals surface area contributed by atoms with Gasteiger partial charge in [-0.1, -0.05) is 112 Å². The van der Waals surface area contributed by atoms with Crippen LogP contribution in [0.2, 0.25) is 0 Å². The van der Waals surface area contributed by atoms with Crippen LogP contribution in [0.15, 0.2) is 109 Å². The maximum atomic E-state index is 2.48. The van der Waals surface area contributed by atoms with Gasteiger partial charge in [-0.15, -0.1) is 0 Å². The molecule has 0 amide bonds. The molecule has 0 N–H and O–H groups in total. The summed E-state index contributed by atoms with van der Waals surface area (Å²) in [6.07, 6.45) is 0. The fraction of sp³-hybridized carbons (Fsp3) is 0.209. The van der Waals surface area contributed by atoms with Crippen molar-refractivity contribution in [2.75, 3.05) is 4.90 Å². The summed E-state index contributed by atoms with van der Waals surface area (Å²) >= 11 is 0. The van der Waals surface area contributed by atoms with Crippen LogP contribution in [0.25, 0.3) is 43.4 Å². The first-order valence-corrected chi connectivity index (χ1v) is 15.9. The van der Waals surface area contributed by atoms with E-state index < -0.39 is 0 Å². The highest BCUT2D eigenvalue weighted by atomic mass is 15.1. The highest BCUT2D eigenvalue weighted by molar-refractivity contribution is 6.26. The van der Waals surface area contributed by atoms with E-state index in [2.05, 4.69) is 163 Å². The van der Waals surface area contributed by atoms with Gasteiger partial charge in [-0.2, -0.15) is 0 Å². The van der Waals surface area contributed by atoms with Crippen molar-refractivity contribution >= 4 is 49.4 Å². The van der Waals surface area contributed by atoms with Crippen molar-refractivity contribution in [1.82, 2.24) is 0 Å². The second-order valence-electron chi connectivity index (χ2n) is 14.5. The molecule has 216 valence electrons. The van der Waals surface area contributed by atoms with E-state index >= 15 is 0 Å². The fourth-order valence-corrected chi connectivity index (χ4v) is 7.50. The van der Waals surface area contributed by atoms with Gasteiger partial charge in [0.15, 0.2) is 0 Å². The number of fused-ring (bicyclic) bond motifs is 4. The Bertz CT molecular complexity index is 2160. The molecule has 1 aliphatic carbocycles. The predicted octanol–water partition coefficient (Wildman–Crippen LogP) is 12.3. The quantitative estimate of drug-likeness (QED) is 0.191. The van der Waals surface area contributed by atoms with Crippen LogP contribution in [0.3, 0.4) is 0 Å². The number of aryl methyl sites for hydroxylation is 2. The van der Waals surface area contributed by atoms with Crippen LogP contribution in [0.4, 0.5) is 17.1 Å². The molecule has 7 aromatic rings. The molecular weight excluding hydrogens is 530 g/mol. The van der Waals surface area contributed by atoms with E-state index in [0.717, 1.165) is 0 Å². The molecule has 0 saturated carbocycles. The van der Waals surface area contributed by atoms with E-state index in [-0.39, 0.29) is 10.8 Å². The van der Waals surface area contributed by atoms with Gasteiger partial charge < -0.3 is 4.90 Å². The van der Waals surface area contributed by atoms with Gasteiger partial charge in [-0.25, -0.2) is 0 Å². The summed E-state index contributed by atoms with van der Waals surface area (Å²) in [5.41, 5.74) is 13.0. The molecule has 1 aliphatic rings. The highest BCUT2D eigenvalue weighted by Crippen LogP contribution is 2.55. The van der Waals surface area contributed by atoms with Crippen molar-refractivity contribution in [3.63, 3.8) is 0 Å². The number of rotatable bonds is 3. The van der Waals surface area contributed by atoms with Crippen molar-refractivity contribution in [3.05, 3.63) is 137 Å². The third-order valence-corrected chi connectivity index (χ3v) is 10.0. The number of anilines is 3. The molecule has 0 atom stereocenters. The van der Waals surface area contributed by atoms with E-state index in [0.29, 0.717) is 0 Å². The lowest BCUT2D eigenvalue weighted by molar-refractivity contribution is 0.591. The van der Waals surface area contributed by atoms with E-state index in [1.807, 2.05) is 0 Å². The van der Waals surface area contributed by atoms with Crippen LogP contribution in [0.5, 0.6) is 0 Å². The van der Waals surface area contributed by atoms with E-state index in [1.165, 1.54) is 88.3 Å². The summed E-state index contributed by atoms with van der Waals surface area (Å²) in [5, 5.41) is 8.17. The second kappa shape index (κ2) is 9.19. The second-order valence-corrected chi connectivity index (χ2v) is 14.5. The largest absolute Gasteiger partial charge is 0.310 e. The molecule has 0 bridgehead atoms. The Morgan fingerprint density at radius 2 is 1.05 bits per heavy atom. The van der Waals surface area contributed by atoms with Gasteiger partial charge in [0, 0.05) is 22.5 Å². The Morgan fingerprint density at radius 1 is 0.523 bits per heavy atom. The monoisotopic (exact) mass is 569 g/mol. The summed E-state index contributed by atoms with van der Waals surface area (Å²) < 4.78 is 0. The Hall–Kier alpha value is -4.62. The normalized spacial score (nSPS) is 14.0. The van der Waals surface area contributed by atoms with Crippen LogP contribution in [-0.4, -0.2) is 0 Å². The molecular formula is C43H39N. The zero-order chi connectivity index (χ0) is 30.5. The number of nitrogens with zero attached hydrogens (tertiary/aromatic N) is 1. The molecule has 0 aromatic heterocycles. The fourth-order valence-electron chi connectivity index (χ4n) is 7.50. The minimum absolute atomic E-state index is 0.109. The van der Waals surface area contributed by atoms with Crippen molar-refractivity contribution in [3.8, 4) is 11.1 Å². The van der Waals surface area contributed by atoms with Crippen LogP contribution < -0.4 is 4.90 Å². The standard InChI is InChI=1S/C43H39N/c1-26-8-15-32(16-9-26)44(33-17-10-27(2)11-18-33)34-19-21-35-37(25-34)43(6,7)38-24-30-13-12-28-22-31(42(3,4)5)23-29-14-20-36(41(35)38)40(30)39(28)29/h8-25H,1-7H3. The van der Waals surface area contributed by atoms with Gasteiger partial charge in [0.1, 0.15) is 0 Å². The summed E-state index contributed by atoms with van der Waals surface area (Å²) in [7, 11) is 0. The van der Waals surface area contributed by atoms with E-state index in [9.17, 15) is 0 Å². The molecule has 8 rings (SSSR count). The van der Waals surface area contributed by atoms with E-state index in [1.54, 1.807) is 0 Å². The zero-order valence-corrected chi connectivity index (χ0v) is 26.8. The molecule has 0 radical (unpaired) electrons. The zero-order valence-electron chi connectivity index (χ0n) is 26.8. The highest BCUT2D eigenvalue weighted by Gasteiger charge is 2.38. The summed E-state index contributed by atoms with van der Waals surface area (Å²) in [6.45, 7) is 16.0. The molecule has 7 aromatic carbocycles. The van der Waals surface area contributed by atoms with Gasteiger partial charge in [0.05, 0.1) is 0 Å². The third kappa shape index (κ3) is 3.92. The molecule has 0 unspecified atom stereocenters. The lowest BCUT2D eigenvalue weighted by Crippen LogP contribution is -2.16. The lowest BCUT2D eigenvalue weighted by Gasteiger charge is -2.28. The number of benzene rings is 7. The van der Waals surface area contributed by atoms with Crippen LogP contribution in [0.1, 0.15) is 62.4 Å². The Kier molecular flexibility index (Phi) is 5.63. The van der Waals surface area contributed by atoms with Crippen LogP contribution in [0, 0.1) is 13.8 Å². The first-order valence-electron chi connectivity index (χ1n) is 15.9. The summed E-state index contributed by atoms with van der Waals surface area (Å²) in [6, 6.07) is 41.6. The van der Waals surface area contributed by atoms with Gasteiger partial charge in [0.2, 0.25) is 0 Å². The molecule has 0 aliphatic heterocycles. The first kappa shape index (κ1) is 27.0. The van der Waals surface area contributed by atoms with Crippen molar-refractivity contribution in [1.29, 1.82) is 0 Å². The average molecular weight is 570 g/mol. The first-order chi connectivity index (χ1) is 21.0. The smallest absolute Gasteiger partial charge is 0.0465 e. The van der Waals surface area contributed by atoms with Gasteiger partial charge in [-0.05, 0) is 122 Å². The SMILES string of the molecule is Cc1ccc(N(c2ccc(C)cc2)c2ccc3c(c2)C(C)(C)c2cc4ccc5cc(C(C)(C)C)cc6ccc(c2-3)c4c56)cc1. The Labute approximate surface area is 261 Å². The minimum atomic E-state index is -0.128. The maximum Gasteiger partial charge on any atom is 0.0465 e. The molecule has 0 spiro atoms. The number of hydrogen-bond donors (Lipinski definition) is 0. The molecule has 44 heavy (non-hydrogen) atoms. The van der Waals surface area contributed by atoms with Gasteiger partial charge in [0.25, 0.3) is 0 Å². The lowest BCUT2D eigenvalue weighted by atomic mass is 9.80. The minimum Gasteiger partial charge on any atom is -0.310 e. The molecule has 1 nitrogen and oxygen atoms in total. The number of hydrogen-bond acceptors (Lipinski definition) is 1.